The van der Waals surface area contributed by atoms with E-state index in [1.54, 1.807) is 24.3 Å². The third kappa shape index (κ3) is 4.47. The van der Waals surface area contributed by atoms with E-state index in [4.69, 9.17) is 9.47 Å². The van der Waals surface area contributed by atoms with E-state index in [0.717, 1.165) is 6.07 Å². The minimum atomic E-state index is -0.973. The van der Waals surface area contributed by atoms with Gasteiger partial charge in [0.1, 0.15) is 11.5 Å². The number of nitro groups is 1. The number of carbonyl (C=O) groups excluding carboxylic acids is 2. The quantitative estimate of drug-likeness (QED) is 0.461. The average Bonchev–Trinajstić information content (AvgIpc) is 2.65. The highest BCUT2D eigenvalue weighted by Crippen LogP contribution is 2.28. The van der Waals surface area contributed by atoms with Gasteiger partial charge in [0, 0.05) is 24.2 Å². The Balaban J connectivity index is 2.06. The summed E-state index contributed by atoms with van der Waals surface area (Å²) in [5.74, 6) is -1.10. The molecule has 0 aliphatic heterocycles. The van der Waals surface area contributed by atoms with Crippen LogP contribution in [0.25, 0.3) is 0 Å². The van der Waals surface area contributed by atoms with E-state index in [-0.39, 0.29) is 23.7 Å². The molecule has 26 heavy (non-hydrogen) atoms. The van der Waals surface area contributed by atoms with Crippen molar-refractivity contribution in [3.8, 4) is 11.5 Å². The second kappa shape index (κ2) is 8.47. The maximum Gasteiger partial charge on any atom is 0.313 e. The van der Waals surface area contributed by atoms with Crippen LogP contribution in [0.1, 0.15) is 5.56 Å². The number of nitro benzene ring substituents is 1. The molecule has 0 spiro atoms. The SMILES string of the molecule is COc1ccccc1CNC(=O)C(=O)Nc1cc([N+](=O)[O-])ccc1OC. The summed E-state index contributed by atoms with van der Waals surface area (Å²) >= 11 is 0. The number of methoxy groups -OCH3 is 2. The molecular weight excluding hydrogens is 342 g/mol. The number of carbonyl (C=O) groups is 2. The van der Waals surface area contributed by atoms with Gasteiger partial charge in [-0.2, -0.15) is 0 Å². The number of hydrogen-bond donors (Lipinski definition) is 2. The second-order valence-corrected chi connectivity index (χ2v) is 5.09. The number of non-ortho nitro benzene ring substituents is 1. The number of anilines is 1. The monoisotopic (exact) mass is 359 g/mol. The van der Waals surface area contributed by atoms with Crippen LogP contribution in [0.2, 0.25) is 0 Å². The van der Waals surface area contributed by atoms with Gasteiger partial charge in [-0.3, -0.25) is 19.7 Å². The lowest BCUT2D eigenvalue weighted by atomic mass is 10.2. The number of benzene rings is 2. The lowest BCUT2D eigenvalue weighted by molar-refractivity contribution is -0.384. The molecule has 0 heterocycles. The molecule has 0 fully saturated rings. The number of nitrogens with zero attached hydrogens (tertiary/aromatic N) is 1. The Kier molecular flexibility index (Phi) is 6.10. The lowest BCUT2D eigenvalue weighted by Crippen LogP contribution is -2.35. The molecule has 0 aliphatic rings. The van der Waals surface area contributed by atoms with E-state index in [0.29, 0.717) is 11.3 Å². The number of amides is 2. The Labute approximate surface area is 149 Å². The topological polar surface area (TPSA) is 120 Å². The van der Waals surface area contributed by atoms with Crippen molar-refractivity contribution >= 4 is 23.2 Å². The van der Waals surface area contributed by atoms with Gasteiger partial charge in [0.2, 0.25) is 0 Å². The van der Waals surface area contributed by atoms with Gasteiger partial charge in [-0.15, -0.1) is 0 Å². The highest BCUT2D eigenvalue weighted by Gasteiger charge is 2.18. The molecule has 2 amide bonds. The molecule has 0 bridgehead atoms. The van der Waals surface area contributed by atoms with Gasteiger partial charge in [-0.1, -0.05) is 18.2 Å². The lowest BCUT2D eigenvalue weighted by Gasteiger charge is -2.11. The molecule has 2 rings (SSSR count). The van der Waals surface area contributed by atoms with E-state index in [1.165, 1.54) is 26.4 Å². The first-order chi connectivity index (χ1) is 12.5. The first-order valence-corrected chi connectivity index (χ1v) is 7.49. The zero-order valence-corrected chi connectivity index (χ0v) is 14.1. The van der Waals surface area contributed by atoms with Crippen molar-refractivity contribution in [1.29, 1.82) is 0 Å². The minimum Gasteiger partial charge on any atom is -0.496 e. The summed E-state index contributed by atoms with van der Waals surface area (Å²) in [7, 11) is 2.85. The normalized spacial score (nSPS) is 9.92. The molecule has 0 radical (unpaired) electrons. The predicted octanol–water partition coefficient (Wildman–Crippen LogP) is 1.87. The fraction of sp³-hybridized carbons (Fsp3) is 0.176. The number of rotatable bonds is 6. The third-order valence-electron chi connectivity index (χ3n) is 3.48. The number of ether oxygens (including phenoxy) is 2. The Morgan fingerprint density at radius 3 is 2.38 bits per heavy atom. The summed E-state index contributed by atoms with van der Waals surface area (Å²) in [6, 6.07) is 10.7. The van der Waals surface area contributed by atoms with Crippen molar-refractivity contribution < 1.29 is 24.0 Å². The van der Waals surface area contributed by atoms with Crippen LogP contribution in [0.3, 0.4) is 0 Å². The molecule has 0 saturated heterocycles. The molecule has 0 atom stereocenters. The van der Waals surface area contributed by atoms with Crippen LogP contribution >= 0.6 is 0 Å². The smallest absolute Gasteiger partial charge is 0.313 e. The van der Waals surface area contributed by atoms with E-state index < -0.39 is 16.7 Å². The summed E-state index contributed by atoms with van der Waals surface area (Å²) in [6.07, 6.45) is 0. The maximum atomic E-state index is 12.1. The van der Waals surface area contributed by atoms with Gasteiger partial charge < -0.3 is 20.1 Å². The van der Waals surface area contributed by atoms with Crippen LogP contribution in [0.15, 0.2) is 42.5 Å². The van der Waals surface area contributed by atoms with Crippen LogP contribution in [-0.2, 0) is 16.1 Å². The summed E-state index contributed by atoms with van der Waals surface area (Å²) < 4.78 is 10.2. The molecule has 2 aromatic rings. The fourth-order valence-corrected chi connectivity index (χ4v) is 2.19. The van der Waals surface area contributed by atoms with Crippen molar-refractivity contribution in [1.82, 2.24) is 5.32 Å². The molecule has 9 heteroatoms. The number of hydrogen-bond acceptors (Lipinski definition) is 6. The Morgan fingerprint density at radius 1 is 1.04 bits per heavy atom. The molecule has 136 valence electrons. The number of para-hydroxylation sites is 1. The van der Waals surface area contributed by atoms with Crippen LogP contribution < -0.4 is 20.1 Å². The largest absolute Gasteiger partial charge is 0.496 e. The van der Waals surface area contributed by atoms with E-state index >= 15 is 0 Å². The fourth-order valence-electron chi connectivity index (χ4n) is 2.19. The van der Waals surface area contributed by atoms with Crippen molar-refractivity contribution in [2.75, 3.05) is 19.5 Å². The molecule has 0 saturated carbocycles. The zero-order valence-electron chi connectivity index (χ0n) is 14.1. The Hall–Kier alpha value is -3.62. The third-order valence-corrected chi connectivity index (χ3v) is 3.48. The van der Waals surface area contributed by atoms with Crippen molar-refractivity contribution in [3.05, 3.63) is 58.1 Å². The first-order valence-electron chi connectivity index (χ1n) is 7.49. The predicted molar refractivity (Wildman–Crippen MR) is 93.1 cm³/mol. The van der Waals surface area contributed by atoms with Gasteiger partial charge >= 0.3 is 11.8 Å². The van der Waals surface area contributed by atoms with Crippen LogP contribution in [0.5, 0.6) is 11.5 Å². The molecule has 0 unspecified atom stereocenters. The highest BCUT2D eigenvalue weighted by atomic mass is 16.6. The van der Waals surface area contributed by atoms with Crippen LogP contribution in [0.4, 0.5) is 11.4 Å². The van der Waals surface area contributed by atoms with Gasteiger partial charge in [0.15, 0.2) is 0 Å². The van der Waals surface area contributed by atoms with Crippen molar-refractivity contribution in [2.24, 2.45) is 0 Å². The Morgan fingerprint density at radius 2 is 1.73 bits per heavy atom. The first kappa shape index (κ1) is 18.7. The maximum absolute atomic E-state index is 12.1. The second-order valence-electron chi connectivity index (χ2n) is 5.09. The molecule has 0 aromatic heterocycles. The Bertz CT molecular complexity index is 837. The van der Waals surface area contributed by atoms with E-state index in [9.17, 15) is 19.7 Å². The molecule has 2 N–H and O–H groups in total. The molecular formula is C17H17N3O6. The highest BCUT2D eigenvalue weighted by molar-refractivity contribution is 6.39. The standard InChI is InChI=1S/C17H17N3O6/c1-25-14-6-4-3-5-11(14)10-18-16(21)17(22)19-13-9-12(20(23)24)7-8-15(13)26-2/h3-9H,10H2,1-2H3,(H,18,21)(H,19,22). The summed E-state index contributed by atoms with van der Waals surface area (Å²) in [5, 5.41) is 15.6. The average molecular weight is 359 g/mol. The molecule has 2 aromatic carbocycles. The molecule has 9 nitrogen and oxygen atoms in total. The van der Waals surface area contributed by atoms with Gasteiger partial charge in [0.25, 0.3) is 5.69 Å². The summed E-state index contributed by atoms with van der Waals surface area (Å²) in [4.78, 5) is 34.3. The van der Waals surface area contributed by atoms with Crippen LogP contribution in [-0.4, -0.2) is 31.0 Å². The van der Waals surface area contributed by atoms with Crippen molar-refractivity contribution in [2.45, 2.75) is 6.54 Å². The zero-order chi connectivity index (χ0) is 19.1. The van der Waals surface area contributed by atoms with Gasteiger partial charge in [0.05, 0.1) is 24.8 Å². The van der Waals surface area contributed by atoms with Crippen LogP contribution in [0, 0.1) is 10.1 Å². The van der Waals surface area contributed by atoms with E-state index in [2.05, 4.69) is 10.6 Å². The summed E-state index contributed by atoms with van der Waals surface area (Å²) in [6.45, 7) is 0.0857. The van der Waals surface area contributed by atoms with E-state index in [1.807, 2.05) is 0 Å². The van der Waals surface area contributed by atoms with Crippen molar-refractivity contribution in [3.63, 3.8) is 0 Å². The number of nitrogens with one attached hydrogen (secondary N) is 2. The molecule has 0 aliphatic carbocycles. The summed E-state index contributed by atoms with van der Waals surface area (Å²) in [5.41, 5.74) is 0.485. The minimum absolute atomic E-state index is 0.0270. The van der Waals surface area contributed by atoms with Gasteiger partial charge in [-0.05, 0) is 12.1 Å². The van der Waals surface area contributed by atoms with Gasteiger partial charge in [-0.25, -0.2) is 0 Å².